The van der Waals surface area contributed by atoms with Crippen LogP contribution in [0.1, 0.15) is 10.7 Å². The number of thiazole rings is 1. The molecule has 1 aromatic carbocycles. The van der Waals surface area contributed by atoms with Gasteiger partial charge in [-0.25, -0.2) is 9.78 Å². The van der Waals surface area contributed by atoms with E-state index in [0.29, 0.717) is 12.4 Å². The fourth-order valence-corrected chi connectivity index (χ4v) is 1.96. The van der Waals surface area contributed by atoms with E-state index in [1.807, 2.05) is 30.5 Å². The van der Waals surface area contributed by atoms with Gasteiger partial charge in [0.05, 0.1) is 17.3 Å². The van der Waals surface area contributed by atoms with Gasteiger partial charge in [0.15, 0.2) is 0 Å². The molecule has 4 nitrogen and oxygen atoms in total. The fraction of sp³-hybridized carbons (Fsp3) is 0.231. The minimum absolute atomic E-state index is 0.0779. The largest absolute Gasteiger partial charge is 0.425 e. The lowest BCUT2D eigenvalue weighted by molar-refractivity contribution is -0.139. The second kappa shape index (κ2) is 6.28. The van der Waals surface area contributed by atoms with E-state index < -0.39 is 5.97 Å². The number of nitrogens with zero attached hydrogens (tertiary/aromatic N) is 1. The third kappa shape index (κ3) is 3.94. The summed E-state index contributed by atoms with van der Waals surface area (Å²) in [5.74, 6) is 0.115. The molecule has 0 fully saturated rings. The van der Waals surface area contributed by atoms with Gasteiger partial charge in [0.2, 0.25) is 0 Å². The molecular weight excluding hydrogens is 250 g/mol. The lowest BCUT2D eigenvalue weighted by Gasteiger charge is -2.04. The Hall–Kier alpha value is -1.72. The van der Waals surface area contributed by atoms with Gasteiger partial charge in [0.1, 0.15) is 12.4 Å². The normalized spacial score (nSPS) is 10.3. The minimum atomic E-state index is -0.409. The molecule has 1 heterocycles. The van der Waals surface area contributed by atoms with Crippen molar-refractivity contribution in [3.8, 4) is 5.75 Å². The number of para-hydroxylation sites is 1. The molecule has 5 heteroatoms. The molecule has 0 saturated carbocycles. The number of benzene rings is 1. The molecular formula is C13H13NO3S. The zero-order valence-corrected chi connectivity index (χ0v) is 10.8. The molecule has 0 N–H and O–H groups in total. The van der Waals surface area contributed by atoms with Gasteiger partial charge in [-0.1, -0.05) is 18.2 Å². The summed E-state index contributed by atoms with van der Waals surface area (Å²) in [5.41, 5.74) is 0.838. The summed E-state index contributed by atoms with van der Waals surface area (Å²) in [4.78, 5) is 15.7. The predicted molar refractivity (Wildman–Crippen MR) is 68.6 cm³/mol. The zero-order chi connectivity index (χ0) is 12.8. The van der Waals surface area contributed by atoms with Crippen LogP contribution in [-0.4, -0.2) is 17.6 Å². The fourth-order valence-electron chi connectivity index (χ4n) is 1.36. The van der Waals surface area contributed by atoms with Gasteiger partial charge in [-0.15, -0.1) is 11.3 Å². The molecule has 94 valence electrons. The SMILES string of the molecule is Cc1nc(COCC(=O)Oc2ccccc2)cs1. The molecule has 1 aromatic heterocycles. The Morgan fingerprint density at radius 1 is 1.33 bits per heavy atom. The van der Waals surface area contributed by atoms with Crippen molar-refractivity contribution in [3.05, 3.63) is 46.4 Å². The number of rotatable bonds is 5. The molecule has 2 aromatic rings. The molecule has 18 heavy (non-hydrogen) atoms. The Balaban J connectivity index is 1.72. The van der Waals surface area contributed by atoms with Crippen LogP contribution in [0.3, 0.4) is 0 Å². The highest BCUT2D eigenvalue weighted by Crippen LogP contribution is 2.10. The maximum absolute atomic E-state index is 11.4. The Kier molecular flexibility index (Phi) is 4.44. The van der Waals surface area contributed by atoms with Gasteiger partial charge in [0.25, 0.3) is 0 Å². The van der Waals surface area contributed by atoms with Crippen molar-refractivity contribution in [2.45, 2.75) is 13.5 Å². The highest BCUT2D eigenvalue weighted by Gasteiger charge is 2.05. The van der Waals surface area contributed by atoms with Crippen molar-refractivity contribution in [2.75, 3.05) is 6.61 Å². The highest BCUT2D eigenvalue weighted by molar-refractivity contribution is 7.09. The van der Waals surface area contributed by atoms with Crippen molar-refractivity contribution < 1.29 is 14.3 Å². The molecule has 0 unspecified atom stereocenters. The van der Waals surface area contributed by atoms with Crippen LogP contribution >= 0.6 is 11.3 Å². The van der Waals surface area contributed by atoms with E-state index in [9.17, 15) is 4.79 Å². The second-order valence-corrected chi connectivity index (χ2v) is 4.70. The monoisotopic (exact) mass is 263 g/mol. The van der Waals surface area contributed by atoms with Gasteiger partial charge in [-0.3, -0.25) is 0 Å². The smallest absolute Gasteiger partial charge is 0.337 e. The molecule has 0 atom stereocenters. The molecule has 0 amide bonds. The maximum atomic E-state index is 11.4. The van der Waals surface area contributed by atoms with Crippen molar-refractivity contribution in [1.29, 1.82) is 0 Å². The van der Waals surface area contributed by atoms with Crippen LogP contribution in [0.4, 0.5) is 0 Å². The van der Waals surface area contributed by atoms with E-state index in [1.165, 1.54) is 0 Å². The van der Waals surface area contributed by atoms with E-state index in [4.69, 9.17) is 9.47 Å². The van der Waals surface area contributed by atoms with Gasteiger partial charge in [-0.2, -0.15) is 0 Å². The third-order valence-electron chi connectivity index (χ3n) is 2.11. The predicted octanol–water partition coefficient (Wildman–Crippen LogP) is 2.57. The number of ether oxygens (including phenoxy) is 2. The summed E-state index contributed by atoms with van der Waals surface area (Å²) < 4.78 is 10.3. The molecule has 0 radical (unpaired) electrons. The Labute approximate surface area is 109 Å². The second-order valence-electron chi connectivity index (χ2n) is 3.64. The van der Waals surface area contributed by atoms with Crippen LogP contribution in [-0.2, 0) is 16.1 Å². The van der Waals surface area contributed by atoms with Crippen molar-refractivity contribution in [3.63, 3.8) is 0 Å². The third-order valence-corrected chi connectivity index (χ3v) is 2.93. The number of carbonyl (C=O) groups excluding carboxylic acids is 1. The number of hydrogen-bond donors (Lipinski definition) is 0. The first-order chi connectivity index (χ1) is 8.74. The van der Waals surface area contributed by atoms with Crippen LogP contribution < -0.4 is 4.74 Å². The first-order valence-corrected chi connectivity index (χ1v) is 6.36. The summed E-state index contributed by atoms with van der Waals surface area (Å²) in [7, 11) is 0. The van der Waals surface area contributed by atoms with Crippen LogP contribution in [0.5, 0.6) is 5.75 Å². The minimum Gasteiger partial charge on any atom is -0.425 e. The van der Waals surface area contributed by atoms with Crippen LogP contribution in [0.15, 0.2) is 35.7 Å². The maximum Gasteiger partial charge on any atom is 0.337 e. The van der Waals surface area contributed by atoms with Gasteiger partial charge in [-0.05, 0) is 19.1 Å². The van der Waals surface area contributed by atoms with Crippen LogP contribution in [0.25, 0.3) is 0 Å². The lowest BCUT2D eigenvalue weighted by atomic mass is 10.3. The Morgan fingerprint density at radius 3 is 2.78 bits per heavy atom. The van der Waals surface area contributed by atoms with E-state index >= 15 is 0 Å². The van der Waals surface area contributed by atoms with Gasteiger partial charge >= 0.3 is 5.97 Å². The average Bonchev–Trinajstić information content (AvgIpc) is 2.76. The van der Waals surface area contributed by atoms with E-state index in [2.05, 4.69) is 4.98 Å². The van der Waals surface area contributed by atoms with E-state index in [1.54, 1.807) is 23.5 Å². The summed E-state index contributed by atoms with van der Waals surface area (Å²) in [5, 5.41) is 2.90. The average molecular weight is 263 g/mol. The summed E-state index contributed by atoms with van der Waals surface area (Å²) in [6, 6.07) is 8.92. The molecule has 0 aliphatic carbocycles. The number of aromatic nitrogens is 1. The first-order valence-electron chi connectivity index (χ1n) is 5.48. The lowest BCUT2D eigenvalue weighted by Crippen LogP contribution is -2.15. The standard InChI is InChI=1S/C13H13NO3S/c1-10-14-11(9-18-10)7-16-8-13(15)17-12-5-3-2-4-6-12/h2-6,9H,7-8H2,1H3. The molecule has 0 spiro atoms. The van der Waals surface area contributed by atoms with Gasteiger partial charge < -0.3 is 9.47 Å². The number of aryl methyl sites for hydroxylation is 1. The van der Waals surface area contributed by atoms with Crippen molar-refractivity contribution >= 4 is 17.3 Å². The topological polar surface area (TPSA) is 48.4 Å². The zero-order valence-electron chi connectivity index (χ0n) is 9.96. The number of carbonyl (C=O) groups is 1. The highest BCUT2D eigenvalue weighted by atomic mass is 32.1. The molecule has 0 saturated heterocycles. The summed E-state index contributed by atoms with van der Waals surface area (Å²) in [6.07, 6.45) is 0. The number of hydrogen-bond acceptors (Lipinski definition) is 5. The van der Waals surface area contributed by atoms with Gasteiger partial charge in [0, 0.05) is 5.38 Å². The summed E-state index contributed by atoms with van der Waals surface area (Å²) in [6.45, 7) is 2.18. The van der Waals surface area contributed by atoms with Crippen molar-refractivity contribution in [2.24, 2.45) is 0 Å². The Morgan fingerprint density at radius 2 is 2.11 bits per heavy atom. The van der Waals surface area contributed by atoms with Crippen LogP contribution in [0.2, 0.25) is 0 Å². The molecule has 0 bridgehead atoms. The molecule has 0 aliphatic heterocycles. The quantitative estimate of drug-likeness (QED) is 0.614. The van der Waals surface area contributed by atoms with Crippen molar-refractivity contribution in [1.82, 2.24) is 4.98 Å². The van der Waals surface area contributed by atoms with Crippen LogP contribution in [0, 0.1) is 6.92 Å². The first kappa shape index (κ1) is 12.7. The van der Waals surface area contributed by atoms with E-state index in [-0.39, 0.29) is 6.61 Å². The Bertz CT molecular complexity index is 510. The van der Waals surface area contributed by atoms with E-state index in [0.717, 1.165) is 10.7 Å². The molecule has 0 aliphatic rings. The molecule has 2 rings (SSSR count). The number of esters is 1. The summed E-state index contributed by atoms with van der Waals surface area (Å²) >= 11 is 1.56.